The molecule has 1 atom stereocenters. The standard InChI is InChI=1S/C24H44N2O6.CH3.Na/c1-2-3-4-5-6-7-8-9-10-11-12-13-14-15-16-17-21(28)24(25,18-19-27)20-26(22(29)30)23(31)32;;/h9-10,27H,2-8,11-20,25H2,1H3,(H,29,30)(H,31,32);1H3;/q;-1;+1/b10-9-;;. The molecule has 0 radical (unpaired) electrons. The van der Waals surface area contributed by atoms with Gasteiger partial charge in [0.1, 0.15) is 0 Å². The van der Waals surface area contributed by atoms with Crippen molar-refractivity contribution in [1.29, 1.82) is 0 Å². The van der Waals surface area contributed by atoms with Gasteiger partial charge in [0.15, 0.2) is 5.78 Å². The van der Waals surface area contributed by atoms with Crippen LogP contribution < -0.4 is 35.3 Å². The molecule has 0 spiro atoms. The number of imide groups is 1. The van der Waals surface area contributed by atoms with Gasteiger partial charge in [-0.15, -0.1) is 0 Å². The summed E-state index contributed by atoms with van der Waals surface area (Å²) < 4.78 is 0. The number of aliphatic hydroxyl groups excluding tert-OH is 1. The van der Waals surface area contributed by atoms with Gasteiger partial charge in [0, 0.05) is 13.0 Å². The molecule has 0 saturated heterocycles. The number of nitrogens with two attached hydrogens (primary N) is 1. The predicted molar refractivity (Wildman–Crippen MR) is 132 cm³/mol. The van der Waals surface area contributed by atoms with Crippen molar-refractivity contribution in [3.05, 3.63) is 19.6 Å². The number of nitrogens with zero attached hydrogens (tertiary/aromatic N) is 1. The van der Waals surface area contributed by atoms with Crippen LogP contribution in [0.3, 0.4) is 0 Å². The molecule has 0 heterocycles. The molecule has 194 valence electrons. The van der Waals surface area contributed by atoms with Crippen molar-refractivity contribution < 1.29 is 59.3 Å². The molecular formula is C25H47N2NaO6. The van der Waals surface area contributed by atoms with Crippen molar-refractivity contribution in [2.24, 2.45) is 5.73 Å². The molecule has 9 heteroatoms. The fourth-order valence-corrected chi connectivity index (χ4v) is 3.61. The number of ketones is 1. The Morgan fingerprint density at radius 2 is 1.26 bits per heavy atom. The number of allylic oxidation sites excluding steroid dienone is 2. The Kier molecular flexibility index (Phi) is 26.3. The molecule has 5 N–H and O–H groups in total. The number of unbranched alkanes of at least 4 members (excludes halogenated alkanes) is 11. The second-order valence-electron chi connectivity index (χ2n) is 8.54. The Balaban J connectivity index is -0.00000480. The fourth-order valence-electron chi connectivity index (χ4n) is 3.61. The molecular weight excluding hydrogens is 447 g/mol. The number of hydrogen-bond acceptors (Lipinski definition) is 5. The summed E-state index contributed by atoms with van der Waals surface area (Å²) in [5, 5.41) is 27.2. The maximum absolute atomic E-state index is 12.5. The van der Waals surface area contributed by atoms with Gasteiger partial charge in [-0.05, 0) is 38.5 Å². The Labute approximate surface area is 228 Å². The SMILES string of the molecule is CCCCCCCC/C=C\CCCCCCCC(=O)C(N)(CCO)CN(C(=O)O)C(=O)O.[CH3-].[Na+]. The summed E-state index contributed by atoms with van der Waals surface area (Å²) in [6, 6.07) is 0. The van der Waals surface area contributed by atoms with E-state index in [1.165, 1.54) is 38.5 Å². The topological polar surface area (TPSA) is 141 Å². The minimum atomic E-state index is -1.70. The average molecular weight is 495 g/mol. The van der Waals surface area contributed by atoms with Crippen LogP contribution in [0.5, 0.6) is 0 Å². The van der Waals surface area contributed by atoms with Crippen LogP contribution in [0.2, 0.25) is 0 Å². The van der Waals surface area contributed by atoms with Crippen molar-refractivity contribution in [1.82, 2.24) is 4.90 Å². The smallest absolute Gasteiger partial charge is 0.465 e. The first-order valence-corrected chi connectivity index (χ1v) is 12.1. The van der Waals surface area contributed by atoms with Crippen LogP contribution in [0.25, 0.3) is 0 Å². The van der Waals surface area contributed by atoms with Crippen molar-refractivity contribution in [3.8, 4) is 0 Å². The van der Waals surface area contributed by atoms with Crippen molar-refractivity contribution in [3.63, 3.8) is 0 Å². The largest absolute Gasteiger partial charge is 1.00 e. The van der Waals surface area contributed by atoms with Gasteiger partial charge < -0.3 is 28.5 Å². The third-order valence-corrected chi connectivity index (χ3v) is 5.68. The van der Waals surface area contributed by atoms with Crippen molar-refractivity contribution in [2.45, 2.75) is 109 Å². The van der Waals surface area contributed by atoms with Gasteiger partial charge in [0.25, 0.3) is 0 Å². The zero-order chi connectivity index (χ0) is 24.2. The molecule has 0 rings (SSSR count). The molecule has 0 aliphatic rings. The molecule has 2 amide bonds. The van der Waals surface area contributed by atoms with Crippen molar-refractivity contribution >= 4 is 18.0 Å². The van der Waals surface area contributed by atoms with E-state index in [-0.39, 0.29) is 54.7 Å². The molecule has 0 bridgehead atoms. The van der Waals surface area contributed by atoms with Crippen molar-refractivity contribution in [2.75, 3.05) is 13.2 Å². The third-order valence-electron chi connectivity index (χ3n) is 5.68. The second-order valence-corrected chi connectivity index (χ2v) is 8.54. The van der Waals surface area contributed by atoms with Crippen LogP contribution in [0.1, 0.15) is 103 Å². The summed E-state index contributed by atoms with van der Waals surface area (Å²) >= 11 is 0. The number of carbonyl (C=O) groups is 3. The summed E-state index contributed by atoms with van der Waals surface area (Å²) in [5.74, 6) is -0.420. The molecule has 0 aromatic heterocycles. The molecule has 0 aromatic rings. The van der Waals surface area contributed by atoms with E-state index in [2.05, 4.69) is 19.1 Å². The normalized spacial score (nSPS) is 12.4. The first-order valence-electron chi connectivity index (χ1n) is 12.1. The zero-order valence-corrected chi connectivity index (χ0v) is 23.8. The molecule has 0 saturated carbocycles. The summed E-state index contributed by atoms with van der Waals surface area (Å²) in [5.41, 5.74) is 4.30. The summed E-state index contributed by atoms with van der Waals surface area (Å²) in [6.45, 7) is 1.12. The summed E-state index contributed by atoms with van der Waals surface area (Å²) in [4.78, 5) is 34.7. The molecule has 8 nitrogen and oxygen atoms in total. The first kappa shape index (κ1) is 37.6. The zero-order valence-electron chi connectivity index (χ0n) is 21.8. The third kappa shape index (κ3) is 18.4. The number of aliphatic hydroxyl groups is 1. The van der Waals surface area contributed by atoms with E-state index in [4.69, 9.17) is 15.9 Å². The van der Waals surface area contributed by atoms with Gasteiger partial charge >= 0.3 is 41.7 Å². The van der Waals surface area contributed by atoms with Crippen LogP contribution in [0, 0.1) is 7.43 Å². The molecule has 0 aliphatic heterocycles. The predicted octanol–water partition coefficient (Wildman–Crippen LogP) is 2.79. The molecule has 0 aliphatic carbocycles. The van der Waals surface area contributed by atoms with E-state index in [0.29, 0.717) is 6.42 Å². The first-order chi connectivity index (χ1) is 15.3. The van der Waals surface area contributed by atoms with Crippen LogP contribution in [0.15, 0.2) is 12.2 Å². The van der Waals surface area contributed by atoms with E-state index in [9.17, 15) is 19.5 Å². The van der Waals surface area contributed by atoms with E-state index < -0.39 is 36.7 Å². The average Bonchev–Trinajstić information content (AvgIpc) is 2.74. The van der Waals surface area contributed by atoms with Gasteiger partial charge in [-0.3, -0.25) is 4.79 Å². The van der Waals surface area contributed by atoms with Crippen LogP contribution in [-0.4, -0.2) is 56.9 Å². The second kappa shape index (κ2) is 23.8. The van der Waals surface area contributed by atoms with Gasteiger partial charge in [0.2, 0.25) is 0 Å². The maximum Gasteiger partial charge on any atom is 1.00 e. The van der Waals surface area contributed by atoms with E-state index in [0.717, 1.165) is 38.5 Å². The maximum atomic E-state index is 12.5. The number of Topliss-reactive ketones (excluding diaryl/α,β-unsaturated/α-hetero) is 1. The monoisotopic (exact) mass is 494 g/mol. The Morgan fingerprint density at radius 3 is 1.71 bits per heavy atom. The summed E-state index contributed by atoms with van der Waals surface area (Å²) in [7, 11) is 0. The number of carboxylic acid groups (broad SMARTS) is 2. The van der Waals surface area contributed by atoms with Gasteiger partial charge in [0.05, 0.1) is 12.1 Å². The van der Waals surface area contributed by atoms with Crippen LogP contribution in [0.4, 0.5) is 9.59 Å². The van der Waals surface area contributed by atoms with Gasteiger partial charge in [-0.2, -0.15) is 0 Å². The summed E-state index contributed by atoms with van der Waals surface area (Å²) in [6.07, 6.45) is 15.9. The van der Waals surface area contributed by atoms with E-state index >= 15 is 0 Å². The fraction of sp³-hybridized carbons (Fsp3) is 0.760. The number of amides is 2. The number of hydrogen-bond donors (Lipinski definition) is 4. The minimum absolute atomic E-state index is 0. The quantitative estimate of drug-likeness (QED) is 0.0882. The Hall–Kier alpha value is -0.930. The molecule has 0 aromatic carbocycles. The van der Waals surface area contributed by atoms with Crippen LogP contribution in [-0.2, 0) is 4.79 Å². The number of rotatable bonds is 20. The molecule has 34 heavy (non-hydrogen) atoms. The van der Waals surface area contributed by atoms with Gasteiger partial charge in [-0.25, -0.2) is 14.5 Å². The number of carbonyl (C=O) groups excluding carboxylic acids is 1. The van der Waals surface area contributed by atoms with Crippen LogP contribution >= 0.6 is 0 Å². The van der Waals surface area contributed by atoms with E-state index in [1.54, 1.807) is 0 Å². The van der Waals surface area contributed by atoms with E-state index in [1.807, 2.05) is 0 Å². The molecule has 0 fully saturated rings. The molecule has 1 unspecified atom stereocenters. The minimum Gasteiger partial charge on any atom is -0.465 e. The Bertz CT molecular complexity index is 560. The van der Waals surface area contributed by atoms with Gasteiger partial charge in [-0.1, -0.05) is 70.4 Å². The Morgan fingerprint density at radius 1 is 0.824 bits per heavy atom.